The molecule has 0 atom stereocenters. The molecule has 1 saturated heterocycles. The molecule has 7 heteroatoms. The second kappa shape index (κ2) is 9.10. The monoisotopic (exact) mass is 383 g/mol. The summed E-state index contributed by atoms with van der Waals surface area (Å²) >= 11 is 0. The Kier molecular flexibility index (Phi) is 6.11. The highest BCUT2D eigenvalue weighted by Crippen LogP contribution is 2.31. The van der Waals surface area contributed by atoms with Crippen molar-refractivity contribution >= 4 is 11.8 Å². The lowest BCUT2D eigenvalue weighted by molar-refractivity contribution is 0.132. The van der Waals surface area contributed by atoms with E-state index in [1.165, 1.54) is 12.8 Å². The van der Waals surface area contributed by atoms with Crippen LogP contribution in [-0.4, -0.2) is 64.9 Å². The lowest BCUT2D eigenvalue weighted by Gasteiger charge is -2.34. The van der Waals surface area contributed by atoms with Crippen LogP contribution in [-0.2, 0) is 0 Å². The summed E-state index contributed by atoms with van der Waals surface area (Å²) in [7, 11) is 0. The molecule has 1 aliphatic carbocycles. The van der Waals surface area contributed by atoms with Crippen LogP contribution in [0.2, 0.25) is 0 Å². The third-order valence-corrected chi connectivity index (χ3v) is 5.65. The van der Waals surface area contributed by atoms with Crippen LogP contribution in [0, 0.1) is 0 Å². The normalized spacial score (nSPS) is 18.4. The van der Waals surface area contributed by atoms with Crippen molar-refractivity contribution in [1.82, 2.24) is 19.6 Å². The van der Waals surface area contributed by atoms with Gasteiger partial charge in [0.15, 0.2) is 0 Å². The third kappa shape index (κ3) is 4.65. The Hall–Kier alpha value is -2.54. The van der Waals surface area contributed by atoms with Crippen molar-refractivity contribution in [2.45, 2.75) is 31.7 Å². The van der Waals surface area contributed by atoms with Gasteiger partial charge in [-0.15, -0.1) is 0 Å². The smallest absolute Gasteiger partial charge is 0.323 e. The van der Waals surface area contributed by atoms with Crippen LogP contribution < -0.4 is 10.1 Å². The predicted molar refractivity (Wildman–Crippen MR) is 109 cm³/mol. The highest BCUT2D eigenvalue weighted by Gasteiger charge is 2.24. The van der Waals surface area contributed by atoms with Gasteiger partial charge in [0.25, 0.3) is 0 Å². The summed E-state index contributed by atoms with van der Waals surface area (Å²) in [6.45, 7) is 4.74. The molecule has 1 aromatic carbocycles. The third-order valence-electron chi connectivity index (χ3n) is 5.65. The number of rotatable bonds is 6. The molecule has 28 heavy (non-hydrogen) atoms. The molecule has 0 unspecified atom stereocenters. The first-order chi connectivity index (χ1) is 13.8. The van der Waals surface area contributed by atoms with Gasteiger partial charge in [0.2, 0.25) is 0 Å². The number of piperazine rings is 1. The van der Waals surface area contributed by atoms with Gasteiger partial charge in [-0.2, -0.15) is 5.10 Å². The number of hydrogen-bond acceptors (Lipinski definition) is 4. The van der Waals surface area contributed by atoms with Crippen molar-refractivity contribution in [2.75, 3.05) is 44.6 Å². The first kappa shape index (κ1) is 18.8. The molecular formula is C21H29N5O2. The Morgan fingerprint density at radius 3 is 2.57 bits per heavy atom. The van der Waals surface area contributed by atoms with Crippen LogP contribution in [0.4, 0.5) is 10.6 Å². The number of hydrogen-bond donors (Lipinski definition) is 1. The summed E-state index contributed by atoms with van der Waals surface area (Å²) < 4.78 is 7.76. The van der Waals surface area contributed by atoms with E-state index in [0.29, 0.717) is 12.6 Å². The maximum Gasteiger partial charge on any atom is 0.323 e. The quantitative estimate of drug-likeness (QED) is 0.832. The molecule has 2 amide bonds. The zero-order valence-electron chi connectivity index (χ0n) is 16.3. The van der Waals surface area contributed by atoms with E-state index < -0.39 is 0 Å². The molecule has 1 aromatic heterocycles. The summed E-state index contributed by atoms with van der Waals surface area (Å²) in [6, 6.07) is 12.2. The Morgan fingerprint density at radius 1 is 1.07 bits per heavy atom. The number of amides is 2. The fourth-order valence-corrected chi connectivity index (χ4v) is 4.03. The fraction of sp³-hybridized carbons (Fsp3) is 0.524. The number of aromatic nitrogens is 2. The van der Waals surface area contributed by atoms with E-state index in [4.69, 9.17) is 4.74 Å². The molecular weight excluding hydrogens is 354 g/mol. The zero-order chi connectivity index (χ0) is 19.2. The van der Waals surface area contributed by atoms with E-state index >= 15 is 0 Å². The molecule has 4 rings (SSSR count). The van der Waals surface area contributed by atoms with Gasteiger partial charge in [0.05, 0.1) is 12.2 Å². The first-order valence-electron chi connectivity index (χ1n) is 10.3. The van der Waals surface area contributed by atoms with Gasteiger partial charge in [-0.1, -0.05) is 31.0 Å². The Morgan fingerprint density at radius 2 is 1.82 bits per heavy atom. The van der Waals surface area contributed by atoms with Crippen molar-refractivity contribution in [2.24, 2.45) is 0 Å². The molecule has 2 aromatic rings. The molecule has 7 nitrogen and oxygen atoms in total. The van der Waals surface area contributed by atoms with Gasteiger partial charge < -0.3 is 9.64 Å². The molecule has 1 saturated carbocycles. The second-order valence-corrected chi connectivity index (χ2v) is 7.52. The Labute approximate surface area is 166 Å². The van der Waals surface area contributed by atoms with Gasteiger partial charge >= 0.3 is 6.03 Å². The largest absolute Gasteiger partial charge is 0.492 e. The fourth-order valence-electron chi connectivity index (χ4n) is 4.03. The number of urea groups is 1. The first-order valence-corrected chi connectivity index (χ1v) is 10.3. The molecule has 0 spiro atoms. The molecule has 2 fully saturated rings. The average Bonchev–Trinajstić information content (AvgIpc) is 3.41. The molecule has 1 aliphatic heterocycles. The number of benzene rings is 1. The molecule has 2 heterocycles. The minimum absolute atomic E-state index is 0.0278. The highest BCUT2D eigenvalue weighted by atomic mass is 16.5. The number of carbonyl (C=O) groups is 1. The Balaban J connectivity index is 1.21. The van der Waals surface area contributed by atoms with Gasteiger partial charge in [-0.05, 0) is 25.0 Å². The van der Waals surface area contributed by atoms with E-state index in [9.17, 15) is 4.79 Å². The van der Waals surface area contributed by atoms with Gasteiger partial charge in [0.1, 0.15) is 18.2 Å². The summed E-state index contributed by atoms with van der Waals surface area (Å²) in [5, 5.41) is 7.49. The average molecular weight is 383 g/mol. The summed E-state index contributed by atoms with van der Waals surface area (Å²) in [6.07, 6.45) is 6.56. The minimum Gasteiger partial charge on any atom is -0.492 e. The van der Waals surface area contributed by atoms with Gasteiger partial charge in [-0.3, -0.25) is 10.2 Å². The van der Waals surface area contributed by atoms with Crippen LogP contribution in [0.1, 0.15) is 31.7 Å². The molecule has 1 N–H and O–H groups in total. The van der Waals surface area contributed by atoms with Crippen LogP contribution in [0.15, 0.2) is 42.6 Å². The van der Waals surface area contributed by atoms with Crippen molar-refractivity contribution in [3.8, 4) is 5.75 Å². The number of para-hydroxylation sites is 1. The SMILES string of the molecule is O=C(Nc1ccnn1C1CCCC1)N1CCN(CCOc2ccccc2)CC1. The molecule has 2 aliphatic rings. The topological polar surface area (TPSA) is 62.6 Å². The number of ether oxygens (including phenoxy) is 1. The number of carbonyl (C=O) groups excluding carboxylic acids is 1. The van der Waals surface area contributed by atoms with Crippen molar-refractivity contribution in [1.29, 1.82) is 0 Å². The Bertz CT molecular complexity index is 749. The van der Waals surface area contributed by atoms with E-state index in [2.05, 4.69) is 15.3 Å². The van der Waals surface area contributed by atoms with Gasteiger partial charge in [0, 0.05) is 38.8 Å². The number of anilines is 1. The second-order valence-electron chi connectivity index (χ2n) is 7.52. The minimum atomic E-state index is -0.0278. The van der Waals surface area contributed by atoms with Crippen molar-refractivity contribution in [3.05, 3.63) is 42.6 Å². The maximum atomic E-state index is 12.7. The van der Waals surface area contributed by atoms with E-state index in [1.807, 2.05) is 46.0 Å². The lowest BCUT2D eigenvalue weighted by Crippen LogP contribution is -2.50. The molecule has 0 bridgehead atoms. The van der Waals surface area contributed by atoms with E-state index in [-0.39, 0.29) is 6.03 Å². The maximum absolute atomic E-state index is 12.7. The zero-order valence-corrected chi connectivity index (χ0v) is 16.3. The van der Waals surface area contributed by atoms with Crippen LogP contribution >= 0.6 is 0 Å². The lowest BCUT2D eigenvalue weighted by atomic mass is 10.2. The van der Waals surface area contributed by atoms with Crippen molar-refractivity contribution < 1.29 is 9.53 Å². The molecule has 0 radical (unpaired) electrons. The summed E-state index contributed by atoms with van der Waals surface area (Å²) in [4.78, 5) is 16.9. The number of nitrogens with one attached hydrogen (secondary N) is 1. The summed E-state index contributed by atoms with van der Waals surface area (Å²) in [5.74, 6) is 1.72. The van der Waals surface area contributed by atoms with Crippen LogP contribution in [0.25, 0.3) is 0 Å². The van der Waals surface area contributed by atoms with E-state index in [0.717, 1.165) is 57.1 Å². The molecule has 150 valence electrons. The number of nitrogens with zero attached hydrogens (tertiary/aromatic N) is 4. The highest BCUT2D eigenvalue weighted by molar-refractivity contribution is 5.88. The summed E-state index contributed by atoms with van der Waals surface area (Å²) in [5.41, 5.74) is 0. The predicted octanol–water partition coefficient (Wildman–Crippen LogP) is 3.23. The van der Waals surface area contributed by atoms with Crippen LogP contribution in [0.5, 0.6) is 5.75 Å². The van der Waals surface area contributed by atoms with E-state index in [1.54, 1.807) is 6.20 Å². The van der Waals surface area contributed by atoms with Gasteiger partial charge in [-0.25, -0.2) is 9.48 Å². The van der Waals surface area contributed by atoms with Crippen LogP contribution in [0.3, 0.4) is 0 Å². The standard InChI is InChI=1S/C21H29N5O2/c27-21(23-20-10-11-22-26(20)18-6-4-5-7-18)25-14-12-24(13-15-25)16-17-28-19-8-2-1-3-9-19/h1-3,8-11,18H,4-7,12-17H2,(H,23,27). The van der Waals surface area contributed by atoms with Crippen molar-refractivity contribution in [3.63, 3.8) is 0 Å².